The second-order valence-electron chi connectivity index (χ2n) is 13.8. The summed E-state index contributed by atoms with van der Waals surface area (Å²) in [7, 11) is -0.901. The van der Waals surface area contributed by atoms with Gasteiger partial charge in [-0.05, 0) is 87.3 Å². The quantitative estimate of drug-likeness (QED) is 0.163. The average molecular weight is 654 g/mol. The Bertz CT molecular complexity index is 1470. The van der Waals surface area contributed by atoms with Crippen LogP contribution in [0.3, 0.4) is 0 Å². The Hall–Kier alpha value is -3.40. The standard InChI is InChI=1S/C35H48ClN3O5Si/c1-24(20-38-30-16-12-13-25(19-30)27-17-28(22-37-21-27)32(40)42-8)39(33(41)43-34(2,3)4)23-31(26-14-11-15-29(36)18-26)44-45(9,10)35(5,6)7/h11-19,21-22,24,31,38H,20,23H2,1-10H3/t24-,31+/m1/s1. The van der Waals surface area contributed by atoms with Crippen LogP contribution in [-0.4, -0.2) is 62.1 Å². The van der Waals surface area contributed by atoms with E-state index in [1.54, 1.807) is 17.2 Å². The highest BCUT2D eigenvalue weighted by molar-refractivity contribution is 6.74. The largest absolute Gasteiger partial charge is 0.465 e. The summed E-state index contributed by atoms with van der Waals surface area (Å²) in [5, 5.41) is 4.06. The third-order valence-electron chi connectivity index (χ3n) is 7.94. The molecule has 10 heteroatoms. The molecule has 0 unspecified atom stereocenters. The zero-order valence-corrected chi connectivity index (χ0v) is 30.0. The van der Waals surface area contributed by atoms with E-state index in [0.29, 0.717) is 17.1 Å². The number of hydrogen-bond donors (Lipinski definition) is 1. The summed E-state index contributed by atoms with van der Waals surface area (Å²) in [4.78, 5) is 31.7. The molecule has 1 heterocycles. The number of hydrogen-bond acceptors (Lipinski definition) is 7. The molecule has 0 aliphatic rings. The van der Waals surface area contributed by atoms with E-state index in [-0.39, 0.29) is 17.6 Å². The molecule has 0 saturated heterocycles. The topological polar surface area (TPSA) is 90.0 Å². The number of carbonyl (C=O) groups excluding carboxylic acids is 2. The lowest BCUT2D eigenvalue weighted by molar-refractivity contribution is 0.00798. The number of carbonyl (C=O) groups is 2. The normalized spacial score (nSPS) is 13.5. The molecule has 0 aliphatic heterocycles. The van der Waals surface area contributed by atoms with Gasteiger partial charge in [-0.3, -0.25) is 4.98 Å². The van der Waals surface area contributed by atoms with Gasteiger partial charge in [0.05, 0.1) is 25.3 Å². The molecule has 0 radical (unpaired) electrons. The first-order chi connectivity index (χ1) is 20.9. The second kappa shape index (κ2) is 14.8. The van der Waals surface area contributed by atoms with Crippen molar-refractivity contribution < 1.29 is 23.5 Å². The molecular formula is C35H48ClN3O5Si. The molecule has 1 N–H and O–H groups in total. The molecule has 1 aromatic heterocycles. The number of benzene rings is 2. The van der Waals surface area contributed by atoms with Crippen LogP contribution in [0.4, 0.5) is 10.5 Å². The third-order valence-corrected chi connectivity index (χ3v) is 12.7. The van der Waals surface area contributed by atoms with Crippen molar-refractivity contribution in [1.29, 1.82) is 0 Å². The van der Waals surface area contributed by atoms with E-state index >= 15 is 0 Å². The smallest absolute Gasteiger partial charge is 0.410 e. The van der Waals surface area contributed by atoms with Gasteiger partial charge in [0.2, 0.25) is 0 Å². The number of halogens is 1. The summed E-state index contributed by atoms with van der Waals surface area (Å²) in [6.07, 6.45) is 2.37. The lowest BCUT2D eigenvalue weighted by atomic mass is 10.1. The highest BCUT2D eigenvalue weighted by Crippen LogP contribution is 2.40. The lowest BCUT2D eigenvalue weighted by Crippen LogP contribution is -2.49. The average Bonchev–Trinajstić information content (AvgIpc) is 2.96. The number of pyridine rings is 1. The SMILES string of the molecule is COC(=O)c1cncc(-c2cccc(NC[C@@H](C)N(C[C@H](O[Si](C)(C)C(C)(C)C)c3cccc(Cl)c3)C(=O)OC(C)(C)C)c2)c1. The molecule has 0 aliphatic carbocycles. The van der Waals surface area contributed by atoms with Crippen LogP contribution in [-0.2, 0) is 13.9 Å². The molecule has 0 bridgehead atoms. The Balaban J connectivity index is 1.89. The van der Waals surface area contributed by atoms with Gasteiger partial charge in [0.15, 0.2) is 8.32 Å². The molecule has 3 aromatic rings. The van der Waals surface area contributed by atoms with Crippen LogP contribution in [0.5, 0.6) is 0 Å². The van der Waals surface area contributed by atoms with Crippen molar-refractivity contribution in [2.45, 2.75) is 84.3 Å². The molecule has 2 atom stereocenters. The van der Waals surface area contributed by atoms with Gasteiger partial charge >= 0.3 is 12.1 Å². The predicted molar refractivity (Wildman–Crippen MR) is 184 cm³/mol. The molecule has 8 nitrogen and oxygen atoms in total. The van der Waals surface area contributed by atoms with Crippen molar-refractivity contribution in [1.82, 2.24) is 9.88 Å². The van der Waals surface area contributed by atoms with Gasteiger partial charge in [0, 0.05) is 41.3 Å². The molecule has 0 saturated carbocycles. The van der Waals surface area contributed by atoms with Gasteiger partial charge in [-0.25, -0.2) is 9.59 Å². The van der Waals surface area contributed by atoms with Crippen LogP contribution >= 0.6 is 11.6 Å². The van der Waals surface area contributed by atoms with Crippen LogP contribution in [0.15, 0.2) is 67.0 Å². The predicted octanol–water partition coefficient (Wildman–Crippen LogP) is 8.99. The first-order valence-corrected chi connectivity index (χ1v) is 18.5. The molecule has 1 amide bonds. The Morgan fingerprint density at radius 1 is 0.978 bits per heavy atom. The van der Waals surface area contributed by atoms with E-state index in [0.717, 1.165) is 22.4 Å². The van der Waals surface area contributed by atoms with Crippen LogP contribution in [0, 0.1) is 0 Å². The minimum atomic E-state index is -2.25. The van der Waals surface area contributed by atoms with Gasteiger partial charge in [-0.1, -0.05) is 56.6 Å². The summed E-state index contributed by atoms with van der Waals surface area (Å²) in [5.74, 6) is -0.441. The number of amides is 1. The monoisotopic (exact) mass is 653 g/mol. The number of esters is 1. The molecule has 244 valence electrons. The number of methoxy groups -OCH3 is 1. The Kier molecular flexibility index (Phi) is 11.9. The van der Waals surface area contributed by atoms with Crippen molar-refractivity contribution in [2.75, 3.05) is 25.5 Å². The highest BCUT2D eigenvalue weighted by atomic mass is 35.5. The molecule has 3 rings (SSSR count). The number of rotatable bonds is 11. The minimum absolute atomic E-state index is 0.0371. The zero-order chi connectivity index (χ0) is 33.6. The summed E-state index contributed by atoms with van der Waals surface area (Å²) in [6.45, 7) is 19.3. The maximum absolute atomic E-state index is 13.7. The first kappa shape index (κ1) is 36.1. The molecular weight excluding hydrogens is 606 g/mol. The van der Waals surface area contributed by atoms with Crippen LogP contribution in [0.25, 0.3) is 11.1 Å². The van der Waals surface area contributed by atoms with Gasteiger partial charge in [-0.2, -0.15) is 0 Å². The maximum atomic E-state index is 13.7. The van der Waals surface area contributed by atoms with E-state index in [1.165, 1.54) is 13.3 Å². The Labute approximate surface area is 274 Å². The fourth-order valence-corrected chi connectivity index (χ4v) is 5.87. The van der Waals surface area contributed by atoms with Crippen molar-refractivity contribution in [2.24, 2.45) is 0 Å². The maximum Gasteiger partial charge on any atom is 0.410 e. The van der Waals surface area contributed by atoms with Crippen molar-refractivity contribution in [3.8, 4) is 11.1 Å². The van der Waals surface area contributed by atoms with E-state index in [1.807, 2.05) is 76.2 Å². The fourth-order valence-electron chi connectivity index (χ4n) is 4.40. The third kappa shape index (κ3) is 10.3. The lowest BCUT2D eigenvalue weighted by Gasteiger charge is -2.41. The number of anilines is 1. The Morgan fingerprint density at radius 3 is 2.29 bits per heavy atom. The summed E-state index contributed by atoms with van der Waals surface area (Å²) in [6, 6.07) is 17.0. The van der Waals surface area contributed by atoms with Gasteiger partial charge < -0.3 is 24.1 Å². The molecule has 2 aromatic carbocycles. The van der Waals surface area contributed by atoms with E-state index < -0.39 is 32.1 Å². The van der Waals surface area contributed by atoms with Crippen LogP contribution < -0.4 is 5.32 Å². The summed E-state index contributed by atoms with van der Waals surface area (Å²) in [5.41, 5.74) is 3.16. The van der Waals surface area contributed by atoms with Crippen molar-refractivity contribution in [3.63, 3.8) is 0 Å². The van der Waals surface area contributed by atoms with Gasteiger partial charge in [0.1, 0.15) is 5.60 Å². The van der Waals surface area contributed by atoms with E-state index in [9.17, 15) is 9.59 Å². The van der Waals surface area contributed by atoms with Gasteiger partial charge in [0.25, 0.3) is 0 Å². The van der Waals surface area contributed by atoms with Crippen molar-refractivity contribution in [3.05, 3.63) is 83.1 Å². The van der Waals surface area contributed by atoms with Gasteiger partial charge in [-0.15, -0.1) is 0 Å². The van der Waals surface area contributed by atoms with Crippen LogP contribution in [0.1, 0.15) is 70.5 Å². The number of aromatic nitrogens is 1. The summed E-state index contributed by atoms with van der Waals surface area (Å²) >= 11 is 6.42. The first-order valence-electron chi connectivity index (χ1n) is 15.2. The van der Waals surface area contributed by atoms with Crippen molar-refractivity contribution >= 4 is 37.7 Å². The van der Waals surface area contributed by atoms with E-state index in [4.69, 9.17) is 25.5 Å². The fraction of sp³-hybridized carbons (Fsp3) is 0.457. The number of ether oxygens (including phenoxy) is 2. The van der Waals surface area contributed by atoms with E-state index in [2.05, 4.69) is 44.2 Å². The number of nitrogens with one attached hydrogen (secondary N) is 1. The van der Waals surface area contributed by atoms with Crippen LogP contribution in [0.2, 0.25) is 23.2 Å². The number of nitrogens with zero attached hydrogens (tertiary/aromatic N) is 2. The highest BCUT2D eigenvalue weighted by Gasteiger charge is 2.41. The minimum Gasteiger partial charge on any atom is -0.465 e. The Morgan fingerprint density at radius 2 is 1.67 bits per heavy atom. The second-order valence-corrected chi connectivity index (χ2v) is 19.0. The summed E-state index contributed by atoms with van der Waals surface area (Å²) < 4.78 is 17.7. The molecule has 0 spiro atoms. The molecule has 45 heavy (non-hydrogen) atoms. The molecule has 0 fully saturated rings. The zero-order valence-electron chi connectivity index (χ0n) is 28.2.